The van der Waals surface area contributed by atoms with Gasteiger partial charge in [-0.25, -0.2) is 4.79 Å². The number of piperazine rings is 1. The van der Waals surface area contributed by atoms with Gasteiger partial charge in [-0.1, -0.05) is 38.1 Å². The van der Waals surface area contributed by atoms with Gasteiger partial charge in [-0.15, -0.1) is 5.10 Å². The fourth-order valence-electron chi connectivity index (χ4n) is 7.16. The Hall–Kier alpha value is -2.58. The fourth-order valence-corrected chi connectivity index (χ4v) is 7.16. The molecule has 2 saturated heterocycles. The normalized spacial score (nSPS) is 22.5. The van der Waals surface area contributed by atoms with E-state index >= 15 is 0 Å². The predicted octanol–water partition coefficient (Wildman–Crippen LogP) is 5.59. The Balaban J connectivity index is 1.28. The maximum atomic E-state index is 12.6. The Morgan fingerprint density at radius 1 is 1.10 bits per heavy atom. The first kappa shape index (κ1) is 28.9. The molecular formula is C32H49N5O3. The molecule has 0 bridgehead atoms. The van der Waals surface area contributed by atoms with Crippen molar-refractivity contribution in [2.24, 2.45) is 12.5 Å². The number of carbonyl (C=O) groups is 1. The van der Waals surface area contributed by atoms with Crippen molar-refractivity contribution < 1.29 is 14.3 Å². The molecule has 1 unspecified atom stereocenters. The lowest BCUT2D eigenvalue weighted by molar-refractivity contribution is -0.0783. The standard InChI is InChI=1S/C32H49N5O3/c1-23(2)26-10-8-9-11-27(26)28-22-35(21-24-20-34(6)33-29(24)39-7)16-17-37(28)25-18-32(19-25)12-14-36(15-13-32)30(38)40-31(3,4)5/h8-11,20,23,25,28H,12-19,21-22H2,1-7H3. The maximum Gasteiger partial charge on any atom is 0.410 e. The molecule has 40 heavy (non-hydrogen) atoms. The van der Waals surface area contributed by atoms with Crippen LogP contribution in [-0.2, 0) is 18.3 Å². The van der Waals surface area contributed by atoms with Crippen LogP contribution in [0.2, 0.25) is 0 Å². The first-order valence-electron chi connectivity index (χ1n) is 15.1. The zero-order chi connectivity index (χ0) is 28.7. The van der Waals surface area contributed by atoms with Crippen LogP contribution in [0.25, 0.3) is 0 Å². The lowest BCUT2D eigenvalue weighted by Gasteiger charge is -2.58. The second-order valence-electron chi connectivity index (χ2n) is 13.6. The Kier molecular flexibility index (Phi) is 8.22. The second-order valence-corrected chi connectivity index (χ2v) is 13.6. The molecule has 3 fully saturated rings. The first-order chi connectivity index (χ1) is 19.0. The molecule has 8 nitrogen and oxygen atoms in total. The third-order valence-electron chi connectivity index (χ3n) is 9.22. The third kappa shape index (κ3) is 6.18. The number of likely N-dealkylation sites (tertiary alicyclic amines) is 1. The molecule has 1 saturated carbocycles. The van der Waals surface area contributed by atoms with Crippen LogP contribution in [0, 0.1) is 5.41 Å². The first-order valence-corrected chi connectivity index (χ1v) is 15.1. The lowest BCUT2D eigenvalue weighted by atomic mass is 9.59. The lowest BCUT2D eigenvalue weighted by Crippen LogP contribution is -2.60. The van der Waals surface area contributed by atoms with Gasteiger partial charge < -0.3 is 14.4 Å². The Morgan fingerprint density at radius 3 is 2.45 bits per heavy atom. The molecule has 1 spiro atoms. The van der Waals surface area contributed by atoms with Crippen LogP contribution in [-0.4, -0.2) is 82.0 Å². The maximum absolute atomic E-state index is 12.6. The molecule has 2 aromatic rings. The Labute approximate surface area is 240 Å². The van der Waals surface area contributed by atoms with E-state index in [1.54, 1.807) is 7.11 Å². The number of aryl methyl sites for hydroxylation is 1. The third-order valence-corrected chi connectivity index (χ3v) is 9.22. The quantitative estimate of drug-likeness (QED) is 0.466. The number of hydrogen-bond acceptors (Lipinski definition) is 6. The smallest absolute Gasteiger partial charge is 0.410 e. The van der Waals surface area contributed by atoms with Gasteiger partial charge in [0.15, 0.2) is 0 Å². The number of amides is 1. The minimum absolute atomic E-state index is 0.162. The van der Waals surface area contributed by atoms with Crippen molar-refractivity contribution >= 4 is 6.09 Å². The van der Waals surface area contributed by atoms with Crippen LogP contribution >= 0.6 is 0 Å². The summed E-state index contributed by atoms with van der Waals surface area (Å²) >= 11 is 0. The van der Waals surface area contributed by atoms with E-state index in [2.05, 4.69) is 59.2 Å². The van der Waals surface area contributed by atoms with Gasteiger partial charge in [0.2, 0.25) is 5.88 Å². The van der Waals surface area contributed by atoms with Crippen LogP contribution in [0.5, 0.6) is 5.88 Å². The van der Waals surface area contributed by atoms with Crippen molar-refractivity contribution in [1.82, 2.24) is 24.5 Å². The Bertz CT molecular complexity index is 1170. The molecule has 1 amide bonds. The van der Waals surface area contributed by atoms with Gasteiger partial charge in [0.25, 0.3) is 0 Å². The summed E-state index contributed by atoms with van der Waals surface area (Å²) in [7, 11) is 3.66. The zero-order valence-corrected chi connectivity index (χ0v) is 25.7. The van der Waals surface area contributed by atoms with Crippen LogP contribution in [0.4, 0.5) is 4.79 Å². The number of piperidine rings is 1. The SMILES string of the molecule is COc1nn(C)cc1CN1CCN(C2CC3(CCN(C(=O)OC(C)(C)C)CC3)C2)C(c2ccccc2C(C)C)C1. The van der Waals surface area contributed by atoms with Crippen molar-refractivity contribution in [2.45, 2.75) is 90.4 Å². The van der Waals surface area contributed by atoms with Crippen LogP contribution < -0.4 is 4.74 Å². The molecule has 8 heteroatoms. The molecule has 3 aliphatic rings. The summed E-state index contributed by atoms with van der Waals surface area (Å²) in [4.78, 5) is 19.9. The number of methoxy groups -OCH3 is 1. The molecule has 1 aromatic heterocycles. The van der Waals surface area contributed by atoms with Gasteiger partial charge in [0, 0.05) is 70.2 Å². The zero-order valence-electron chi connectivity index (χ0n) is 25.7. The highest BCUT2D eigenvalue weighted by Gasteiger charge is 2.50. The number of nitrogens with zero attached hydrogens (tertiary/aromatic N) is 5. The fraction of sp³-hybridized carbons (Fsp3) is 0.688. The van der Waals surface area contributed by atoms with Gasteiger partial charge >= 0.3 is 6.09 Å². The highest BCUT2D eigenvalue weighted by molar-refractivity contribution is 5.68. The molecule has 3 heterocycles. The molecule has 5 rings (SSSR count). The van der Waals surface area contributed by atoms with E-state index < -0.39 is 5.60 Å². The van der Waals surface area contributed by atoms with E-state index in [-0.39, 0.29) is 6.09 Å². The van der Waals surface area contributed by atoms with Crippen LogP contribution in [0.1, 0.15) is 89.0 Å². The molecule has 0 N–H and O–H groups in total. The monoisotopic (exact) mass is 551 g/mol. The summed E-state index contributed by atoms with van der Waals surface area (Å²) in [6.45, 7) is 16.0. The number of rotatable bonds is 6. The van der Waals surface area contributed by atoms with E-state index in [0.29, 0.717) is 23.4 Å². The molecule has 0 radical (unpaired) electrons. The number of benzene rings is 1. The Morgan fingerprint density at radius 2 is 1.80 bits per heavy atom. The van der Waals surface area contributed by atoms with Crippen LogP contribution in [0.3, 0.4) is 0 Å². The van der Waals surface area contributed by atoms with Crippen molar-refractivity contribution in [3.05, 3.63) is 47.2 Å². The van der Waals surface area contributed by atoms with Gasteiger partial charge in [0.1, 0.15) is 5.60 Å². The van der Waals surface area contributed by atoms with Gasteiger partial charge in [-0.05, 0) is 68.9 Å². The molecule has 2 aliphatic heterocycles. The molecular weight excluding hydrogens is 502 g/mol. The van der Waals surface area contributed by atoms with E-state index in [1.165, 1.54) is 24.0 Å². The van der Waals surface area contributed by atoms with Crippen molar-refractivity contribution in [1.29, 1.82) is 0 Å². The van der Waals surface area contributed by atoms with Gasteiger partial charge in [-0.3, -0.25) is 14.5 Å². The number of hydrogen-bond donors (Lipinski definition) is 0. The highest BCUT2D eigenvalue weighted by atomic mass is 16.6. The van der Waals surface area contributed by atoms with Gasteiger partial charge in [0.05, 0.1) is 7.11 Å². The van der Waals surface area contributed by atoms with Crippen molar-refractivity contribution in [2.75, 3.05) is 39.8 Å². The number of aromatic nitrogens is 2. The van der Waals surface area contributed by atoms with E-state index in [1.807, 2.05) is 37.4 Å². The van der Waals surface area contributed by atoms with Crippen molar-refractivity contribution in [3.63, 3.8) is 0 Å². The van der Waals surface area contributed by atoms with E-state index in [4.69, 9.17) is 9.47 Å². The van der Waals surface area contributed by atoms with E-state index in [0.717, 1.165) is 63.6 Å². The van der Waals surface area contributed by atoms with E-state index in [9.17, 15) is 4.79 Å². The van der Waals surface area contributed by atoms with Crippen LogP contribution in [0.15, 0.2) is 30.5 Å². The predicted molar refractivity (Wildman–Crippen MR) is 158 cm³/mol. The minimum Gasteiger partial charge on any atom is -0.480 e. The summed E-state index contributed by atoms with van der Waals surface area (Å²) < 4.78 is 13.0. The summed E-state index contributed by atoms with van der Waals surface area (Å²) in [5, 5.41) is 4.48. The molecule has 1 aliphatic carbocycles. The molecule has 1 aromatic carbocycles. The average Bonchev–Trinajstić information content (AvgIpc) is 3.25. The largest absolute Gasteiger partial charge is 0.480 e. The summed E-state index contributed by atoms with van der Waals surface area (Å²) in [5.74, 6) is 1.21. The summed E-state index contributed by atoms with van der Waals surface area (Å²) in [6.07, 6.45) is 6.54. The summed E-state index contributed by atoms with van der Waals surface area (Å²) in [5.41, 5.74) is 4.00. The van der Waals surface area contributed by atoms with Crippen molar-refractivity contribution in [3.8, 4) is 5.88 Å². The minimum atomic E-state index is -0.445. The number of ether oxygens (including phenoxy) is 2. The number of carbonyl (C=O) groups excluding carboxylic acids is 1. The van der Waals surface area contributed by atoms with Gasteiger partial charge in [-0.2, -0.15) is 0 Å². The molecule has 220 valence electrons. The second kappa shape index (κ2) is 11.4. The molecule has 1 atom stereocenters. The average molecular weight is 552 g/mol. The highest BCUT2D eigenvalue weighted by Crippen LogP contribution is 2.53. The topological polar surface area (TPSA) is 63.1 Å². The summed E-state index contributed by atoms with van der Waals surface area (Å²) in [6, 6.07) is 10.0.